The lowest BCUT2D eigenvalue weighted by Crippen LogP contribution is -2.48. The van der Waals surface area contributed by atoms with E-state index >= 15 is 0 Å². The van der Waals surface area contributed by atoms with Crippen molar-refractivity contribution in [3.8, 4) is 17.1 Å². The lowest BCUT2D eigenvalue weighted by atomic mass is 10.2. The first-order valence-corrected chi connectivity index (χ1v) is 10.9. The number of nitrogens with zero attached hydrogens (tertiary/aromatic N) is 5. The second-order valence-corrected chi connectivity index (χ2v) is 8.25. The summed E-state index contributed by atoms with van der Waals surface area (Å²) in [7, 11) is 0. The summed E-state index contributed by atoms with van der Waals surface area (Å²) in [4.78, 5) is 19.2. The molecule has 0 aliphatic carbocycles. The summed E-state index contributed by atoms with van der Waals surface area (Å²) < 4.78 is 10.9. The van der Waals surface area contributed by atoms with Crippen molar-refractivity contribution in [2.75, 3.05) is 39.3 Å². The second-order valence-electron chi connectivity index (χ2n) is 7.81. The van der Waals surface area contributed by atoms with Gasteiger partial charge in [-0.3, -0.25) is 19.9 Å². The average Bonchev–Trinajstić information content (AvgIpc) is 3.28. The molecule has 1 fully saturated rings. The van der Waals surface area contributed by atoms with Crippen molar-refractivity contribution >= 4 is 17.3 Å². The Hall–Kier alpha value is -3.05. The zero-order valence-electron chi connectivity index (χ0n) is 17.8. The number of nitro groups is 1. The Bertz CT molecular complexity index is 1070. The number of hydrogen-bond acceptors (Lipinski definition) is 9. The average molecular weight is 474 g/mol. The van der Waals surface area contributed by atoms with Crippen LogP contribution in [0.15, 0.2) is 53.1 Å². The third-order valence-electron chi connectivity index (χ3n) is 5.33. The maximum absolute atomic E-state index is 10.8. The molecule has 1 N–H and O–H groups in total. The number of benzene rings is 2. The number of aliphatic hydroxyl groups is 1. The molecular formula is C22H24ClN5O5. The van der Waals surface area contributed by atoms with Crippen LogP contribution in [0.25, 0.3) is 11.4 Å². The number of aromatic nitrogens is 2. The zero-order valence-corrected chi connectivity index (χ0v) is 18.6. The Morgan fingerprint density at radius 3 is 2.61 bits per heavy atom. The molecule has 1 aromatic heterocycles. The summed E-state index contributed by atoms with van der Waals surface area (Å²) in [6.07, 6.45) is -0.700. The smallest absolute Gasteiger partial charge is 0.273 e. The number of hydrogen-bond donors (Lipinski definition) is 1. The molecule has 0 radical (unpaired) electrons. The quantitative estimate of drug-likeness (QED) is 0.369. The van der Waals surface area contributed by atoms with E-state index in [-0.39, 0.29) is 12.3 Å². The van der Waals surface area contributed by atoms with Gasteiger partial charge in [0.25, 0.3) is 5.69 Å². The molecule has 1 aliphatic rings. The minimum atomic E-state index is -0.700. The summed E-state index contributed by atoms with van der Waals surface area (Å²) in [6, 6.07) is 13.2. The molecule has 3 aromatic rings. The Morgan fingerprint density at radius 2 is 1.88 bits per heavy atom. The molecule has 4 rings (SSSR count). The first-order chi connectivity index (χ1) is 16.0. The fourth-order valence-electron chi connectivity index (χ4n) is 3.59. The Morgan fingerprint density at radius 1 is 1.15 bits per heavy atom. The monoisotopic (exact) mass is 473 g/mol. The van der Waals surface area contributed by atoms with Crippen molar-refractivity contribution in [3.63, 3.8) is 0 Å². The van der Waals surface area contributed by atoms with Gasteiger partial charge < -0.3 is 14.4 Å². The minimum Gasteiger partial charge on any atom is -0.491 e. The zero-order chi connectivity index (χ0) is 23.2. The molecule has 11 heteroatoms. The SMILES string of the molecule is O=[N+]([O-])c1cccc(OC[C@@H](O)CN2CCN(Cc3nc(-c4ccc(Cl)cc4)no3)CC2)c1. The van der Waals surface area contributed by atoms with Crippen molar-refractivity contribution in [3.05, 3.63) is 69.6 Å². The Labute approximate surface area is 195 Å². The third-order valence-corrected chi connectivity index (χ3v) is 5.59. The van der Waals surface area contributed by atoms with Crippen LogP contribution in [0.5, 0.6) is 5.75 Å². The maximum Gasteiger partial charge on any atom is 0.273 e. The molecule has 0 amide bonds. The Kier molecular flexibility index (Phi) is 7.50. The molecule has 174 valence electrons. The highest BCUT2D eigenvalue weighted by Crippen LogP contribution is 2.20. The van der Waals surface area contributed by atoms with Crippen LogP contribution >= 0.6 is 11.6 Å². The molecular weight excluding hydrogens is 450 g/mol. The van der Waals surface area contributed by atoms with Gasteiger partial charge in [-0.1, -0.05) is 22.8 Å². The van der Waals surface area contributed by atoms with Crippen LogP contribution in [-0.2, 0) is 6.54 Å². The van der Waals surface area contributed by atoms with Gasteiger partial charge in [0, 0.05) is 49.4 Å². The number of non-ortho nitro benzene ring substituents is 1. The second kappa shape index (κ2) is 10.7. The van der Waals surface area contributed by atoms with Crippen molar-refractivity contribution in [1.82, 2.24) is 19.9 Å². The van der Waals surface area contributed by atoms with Crippen molar-refractivity contribution in [2.45, 2.75) is 12.6 Å². The summed E-state index contributed by atoms with van der Waals surface area (Å²) in [5, 5.41) is 25.9. The van der Waals surface area contributed by atoms with Gasteiger partial charge in [-0.2, -0.15) is 4.98 Å². The van der Waals surface area contributed by atoms with E-state index in [0.717, 1.165) is 31.7 Å². The predicted octanol–water partition coefficient (Wildman–Crippen LogP) is 2.86. The van der Waals surface area contributed by atoms with E-state index in [9.17, 15) is 15.2 Å². The lowest BCUT2D eigenvalue weighted by Gasteiger charge is -2.34. The van der Waals surface area contributed by atoms with Crippen molar-refractivity contribution in [2.24, 2.45) is 0 Å². The molecule has 0 saturated carbocycles. The van der Waals surface area contributed by atoms with E-state index in [1.807, 2.05) is 12.1 Å². The number of halogens is 1. The number of rotatable bonds is 9. The fraction of sp³-hybridized carbons (Fsp3) is 0.364. The molecule has 1 atom stereocenters. The minimum absolute atomic E-state index is 0.0420. The topological polar surface area (TPSA) is 118 Å². The van der Waals surface area contributed by atoms with Crippen LogP contribution in [0.1, 0.15) is 5.89 Å². The predicted molar refractivity (Wildman–Crippen MR) is 121 cm³/mol. The first kappa shape index (κ1) is 23.1. The van der Waals surface area contributed by atoms with Gasteiger partial charge in [-0.25, -0.2) is 0 Å². The molecule has 1 aliphatic heterocycles. The van der Waals surface area contributed by atoms with E-state index in [0.29, 0.717) is 35.6 Å². The summed E-state index contributed by atoms with van der Waals surface area (Å²) in [5.41, 5.74) is 0.806. The summed E-state index contributed by atoms with van der Waals surface area (Å²) in [5.74, 6) is 1.46. The molecule has 2 heterocycles. The van der Waals surface area contributed by atoms with Gasteiger partial charge in [0.1, 0.15) is 18.5 Å². The normalized spacial score (nSPS) is 15.9. The molecule has 2 aromatic carbocycles. The largest absolute Gasteiger partial charge is 0.491 e. The van der Waals surface area contributed by atoms with Gasteiger partial charge in [0.05, 0.1) is 17.5 Å². The van der Waals surface area contributed by atoms with Gasteiger partial charge >= 0.3 is 0 Å². The summed E-state index contributed by atoms with van der Waals surface area (Å²) >= 11 is 5.92. The number of ether oxygens (including phenoxy) is 1. The highest BCUT2D eigenvalue weighted by Gasteiger charge is 2.21. The molecule has 33 heavy (non-hydrogen) atoms. The van der Waals surface area contributed by atoms with Crippen LogP contribution in [0, 0.1) is 10.1 Å². The standard InChI is InChI=1S/C22H24ClN5O5/c23-17-6-4-16(5-7-17)22-24-21(33-25-22)14-27-10-8-26(9-11-27)13-19(29)15-32-20-3-1-2-18(12-20)28(30)31/h1-7,12,19,29H,8-11,13-15H2/t19-/m0/s1. The van der Waals surface area contributed by atoms with E-state index in [4.69, 9.17) is 20.9 Å². The van der Waals surface area contributed by atoms with Crippen LogP contribution in [0.4, 0.5) is 5.69 Å². The highest BCUT2D eigenvalue weighted by atomic mass is 35.5. The lowest BCUT2D eigenvalue weighted by molar-refractivity contribution is -0.384. The molecule has 0 bridgehead atoms. The van der Waals surface area contributed by atoms with Crippen LogP contribution in [-0.4, -0.2) is 75.4 Å². The number of aliphatic hydroxyl groups excluding tert-OH is 1. The van der Waals surface area contributed by atoms with Gasteiger partial charge in [0.2, 0.25) is 11.7 Å². The van der Waals surface area contributed by atoms with Gasteiger partial charge in [-0.15, -0.1) is 0 Å². The number of β-amino-alcohol motifs (C(OH)–C–C–N with tert-alkyl or cyclic N) is 1. The van der Waals surface area contributed by atoms with E-state index in [2.05, 4.69) is 19.9 Å². The molecule has 10 nitrogen and oxygen atoms in total. The highest BCUT2D eigenvalue weighted by molar-refractivity contribution is 6.30. The van der Waals surface area contributed by atoms with Gasteiger partial charge in [-0.05, 0) is 30.3 Å². The molecule has 1 saturated heterocycles. The summed E-state index contributed by atoms with van der Waals surface area (Å²) in [6.45, 7) is 4.26. The number of nitro benzene ring substituents is 1. The van der Waals surface area contributed by atoms with E-state index < -0.39 is 11.0 Å². The van der Waals surface area contributed by atoms with Crippen LogP contribution in [0.2, 0.25) is 5.02 Å². The molecule has 0 unspecified atom stereocenters. The van der Waals surface area contributed by atoms with E-state index in [1.165, 1.54) is 12.1 Å². The van der Waals surface area contributed by atoms with Crippen molar-refractivity contribution < 1.29 is 19.3 Å². The van der Waals surface area contributed by atoms with Crippen LogP contribution in [0.3, 0.4) is 0 Å². The number of piperazine rings is 1. The van der Waals surface area contributed by atoms with Crippen molar-refractivity contribution in [1.29, 1.82) is 0 Å². The Balaban J connectivity index is 1.19. The van der Waals surface area contributed by atoms with Gasteiger partial charge in [0.15, 0.2) is 0 Å². The third kappa shape index (κ3) is 6.48. The molecule has 0 spiro atoms. The first-order valence-electron chi connectivity index (χ1n) is 10.5. The van der Waals surface area contributed by atoms with Crippen LogP contribution < -0.4 is 4.74 Å². The fourth-order valence-corrected chi connectivity index (χ4v) is 3.71. The maximum atomic E-state index is 10.8. The van der Waals surface area contributed by atoms with E-state index in [1.54, 1.807) is 24.3 Å².